The van der Waals surface area contributed by atoms with E-state index < -0.39 is 0 Å². The monoisotopic (exact) mass is 312 g/mol. The molecule has 0 saturated carbocycles. The highest BCUT2D eigenvalue weighted by atomic mass is 16.5. The number of rotatable bonds is 6. The maximum Gasteiger partial charge on any atom is 0.185 e. The van der Waals surface area contributed by atoms with Crippen LogP contribution in [0.15, 0.2) is 42.5 Å². The Morgan fingerprint density at radius 1 is 0.870 bits per heavy atom. The van der Waals surface area contributed by atoms with E-state index in [1.54, 1.807) is 51.7 Å². The number of carbonyl (C=O) groups excluding carboxylic acids is 1. The summed E-state index contributed by atoms with van der Waals surface area (Å²) in [6, 6.07) is 10.9. The van der Waals surface area contributed by atoms with Crippen molar-refractivity contribution in [2.24, 2.45) is 0 Å². The fraction of sp³-hybridized carbons (Fsp3) is 0.211. The van der Waals surface area contributed by atoms with Crippen LogP contribution in [0, 0.1) is 6.92 Å². The van der Waals surface area contributed by atoms with Crippen LogP contribution in [0.25, 0.3) is 6.08 Å². The summed E-state index contributed by atoms with van der Waals surface area (Å²) < 4.78 is 15.6. The van der Waals surface area contributed by atoms with Gasteiger partial charge in [0, 0.05) is 5.56 Å². The van der Waals surface area contributed by atoms with Crippen LogP contribution in [-0.4, -0.2) is 27.1 Å². The Morgan fingerprint density at radius 2 is 1.52 bits per heavy atom. The van der Waals surface area contributed by atoms with E-state index in [1.807, 2.05) is 25.1 Å². The lowest BCUT2D eigenvalue weighted by Crippen LogP contribution is -1.97. The summed E-state index contributed by atoms with van der Waals surface area (Å²) in [5.41, 5.74) is 2.51. The molecule has 23 heavy (non-hydrogen) atoms. The third-order valence-electron chi connectivity index (χ3n) is 3.51. The van der Waals surface area contributed by atoms with E-state index >= 15 is 0 Å². The van der Waals surface area contributed by atoms with Gasteiger partial charge in [0.1, 0.15) is 5.75 Å². The molecule has 2 rings (SSSR count). The van der Waals surface area contributed by atoms with Gasteiger partial charge in [-0.05, 0) is 54.5 Å². The molecule has 0 amide bonds. The molecule has 0 radical (unpaired) electrons. The summed E-state index contributed by atoms with van der Waals surface area (Å²) in [5, 5.41) is 0. The molecule has 2 aromatic rings. The SMILES string of the molecule is COc1ccc(/C=C/C(=O)c2ccc(OC)c(OC)c2)cc1C. The quantitative estimate of drug-likeness (QED) is 0.599. The highest BCUT2D eigenvalue weighted by Gasteiger charge is 2.08. The van der Waals surface area contributed by atoms with Crippen molar-refractivity contribution < 1.29 is 19.0 Å². The first-order valence-corrected chi connectivity index (χ1v) is 7.18. The first-order chi connectivity index (χ1) is 11.1. The zero-order valence-electron chi connectivity index (χ0n) is 13.8. The van der Waals surface area contributed by atoms with Gasteiger partial charge < -0.3 is 14.2 Å². The predicted molar refractivity (Wildman–Crippen MR) is 90.6 cm³/mol. The van der Waals surface area contributed by atoms with E-state index in [4.69, 9.17) is 14.2 Å². The first kappa shape index (κ1) is 16.6. The van der Waals surface area contributed by atoms with Crippen LogP contribution in [0.3, 0.4) is 0 Å². The smallest absolute Gasteiger partial charge is 0.185 e. The summed E-state index contributed by atoms with van der Waals surface area (Å²) in [4.78, 5) is 12.3. The zero-order valence-corrected chi connectivity index (χ0v) is 13.8. The van der Waals surface area contributed by atoms with E-state index in [0.717, 1.165) is 16.9 Å². The summed E-state index contributed by atoms with van der Waals surface area (Å²) in [5.74, 6) is 1.86. The number of allylic oxidation sites excluding steroid dienone is 1. The van der Waals surface area contributed by atoms with Crippen LogP contribution in [-0.2, 0) is 0 Å². The molecule has 0 atom stereocenters. The van der Waals surface area contributed by atoms with Crippen molar-refractivity contribution in [3.05, 3.63) is 59.2 Å². The van der Waals surface area contributed by atoms with Gasteiger partial charge in [-0.3, -0.25) is 4.79 Å². The van der Waals surface area contributed by atoms with Crippen molar-refractivity contribution in [3.63, 3.8) is 0 Å². The molecular formula is C19H20O4. The number of carbonyl (C=O) groups is 1. The van der Waals surface area contributed by atoms with E-state index in [2.05, 4.69) is 0 Å². The Balaban J connectivity index is 2.19. The lowest BCUT2D eigenvalue weighted by Gasteiger charge is -2.08. The summed E-state index contributed by atoms with van der Waals surface area (Å²) >= 11 is 0. The number of benzene rings is 2. The Hall–Kier alpha value is -2.75. The zero-order chi connectivity index (χ0) is 16.8. The Labute approximate surface area is 136 Å². The van der Waals surface area contributed by atoms with E-state index in [-0.39, 0.29) is 5.78 Å². The second-order valence-electron chi connectivity index (χ2n) is 5.00. The van der Waals surface area contributed by atoms with Gasteiger partial charge in [0.25, 0.3) is 0 Å². The minimum atomic E-state index is -0.0978. The molecule has 0 spiro atoms. The summed E-state index contributed by atoms with van der Waals surface area (Å²) in [6.07, 6.45) is 3.33. The van der Waals surface area contributed by atoms with Crippen molar-refractivity contribution in [2.45, 2.75) is 6.92 Å². The second kappa shape index (κ2) is 7.49. The Morgan fingerprint density at radius 3 is 2.13 bits per heavy atom. The summed E-state index contributed by atoms with van der Waals surface area (Å²) in [7, 11) is 4.74. The highest BCUT2D eigenvalue weighted by Crippen LogP contribution is 2.28. The first-order valence-electron chi connectivity index (χ1n) is 7.18. The lowest BCUT2D eigenvalue weighted by atomic mass is 10.1. The largest absolute Gasteiger partial charge is 0.496 e. The fourth-order valence-corrected chi connectivity index (χ4v) is 2.26. The maximum atomic E-state index is 12.3. The Kier molecular flexibility index (Phi) is 5.41. The molecule has 0 aliphatic heterocycles. The molecule has 2 aromatic carbocycles. The van der Waals surface area contributed by atoms with Crippen LogP contribution in [0.2, 0.25) is 0 Å². The molecule has 0 aliphatic carbocycles. The number of methoxy groups -OCH3 is 3. The van der Waals surface area contributed by atoms with Gasteiger partial charge in [-0.15, -0.1) is 0 Å². The fourth-order valence-electron chi connectivity index (χ4n) is 2.26. The molecule has 0 N–H and O–H groups in total. The molecule has 0 fully saturated rings. The van der Waals surface area contributed by atoms with Crippen molar-refractivity contribution in [1.29, 1.82) is 0 Å². The minimum absolute atomic E-state index is 0.0978. The van der Waals surface area contributed by atoms with Crippen molar-refractivity contribution in [2.75, 3.05) is 21.3 Å². The predicted octanol–water partition coefficient (Wildman–Crippen LogP) is 3.92. The van der Waals surface area contributed by atoms with Gasteiger partial charge in [-0.25, -0.2) is 0 Å². The molecule has 4 heteroatoms. The van der Waals surface area contributed by atoms with Crippen LogP contribution in [0.1, 0.15) is 21.5 Å². The standard InChI is InChI=1S/C19H20O4/c1-13-11-14(6-9-17(13)21-2)5-8-16(20)15-7-10-18(22-3)19(12-15)23-4/h5-12H,1-4H3/b8-5+. The van der Waals surface area contributed by atoms with Gasteiger partial charge in [0.05, 0.1) is 21.3 Å². The van der Waals surface area contributed by atoms with Crippen LogP contribution >= 0.6 is 0 Å². The molecular weight excluding hydrogens is 292 g/mol. The number of aryl methyl sites for hydroxylation is 1. The molecule has 120 valence electrons. The van der Waals surface area contributed by atoms with E-state index in [0.29, 0.717) is 17.1 Å². The third-order valence-corrected chi connectivity index (χ3v) is 3.51. The van der Waals surface area contributed by atoms with Crippen LogP contribution in [0.5, 0.6) is 17.2 Å². The van der Waals surface area contributed by atoms with Gasteiger partial charge in [-0.2, -0.15) is 0 Å². The van der Waals surface area contributed by atoms with E-state index in [1.165, 1.54) is 0 Å². The molecule has 0 aliphatic rings. The Bertz CT molecular complexity index is 732. The van der Waals surface area contributed by atoms with Crippen molar-refractivity contribution in [3.8, 4) is 17.2 Å². The lowest BCUT2D eigenvalue weighted by molar-refractivity contribution is 0.104. The number of ketones is 1. The highest BCUT2D eigenvalue weighted by molar-refractivity contribution is 6.07. The normalized spacial score (nSPS) is 10.6. The van der Waals surface area contributed by atoms with Crippen LogP contribution < -0.4 is 14.2 Å². The van der Waals surface area contributed by atoms with E-state index in [9.17, 15) is 4.79 Å². The average molecular weight is 312 g/mol. The second-order valence-corrected chi connectivity index (χ2v) is 5.00. The summed E-state index contributed by atoms with van der Waals surface area (Å²) in [6.45, 7) is 1.96. The number of hydrogen-bond donors (Lipinski definition) is 0. The molecule has 0 saturated heterocycles. The van der Waals surface area contributed by atoms with Gasteiger partial charge in [0.2, 0.25) is 0 Å². The average Bonchev–Trinajstić information content (AvgIpc) is 2.59. The minimum Gasteiger partial charge on any atom is -0.496 e. The molecule has 0 bridgehead atoms. The van der Waals surface area contributed by atoms with Crippen molar-refractivity contribution in [1.82, 2.24) is 0 Å². The van der Waals surface area contributed by atoms with Gasteiger partial charge >= 0.3 is 0 Å². The molecule has 0 aromatic heterocycles. The molecule has 4 nitrogen and oxygen atoms in total. The van der Waals surface area contributed by atoms with Crippen molar-refractivity contribution >= 4 is 11.9 Å². The molecule has 0 unspecified atom stereocenters. The van der Waals surface area contributed by atoms with Crippen LogP contribution in [0.4, 0.5) is 0 Å². The topological polar surface area (TPSA) is 44.8 Å². The number of hydrogen-bond acceptors (Lipinski definition) is 4. The third kappa shape index (κ3) is 3.92. The molecule has 0 heterocycles. The van der Waals surface area contributed by atoms with Gasteiger partial charge in [-0.1, -0.05) is 12.1 Å². The van der Waals surface area contributed by atoms with Gasteiger partial charge in [0.15, 0.2) is 17.3 Å². The maximum absolute atomic E-state index is 12.3. The number of ether oxygens (including phenoxy) is 3.